The third kappa shape index (κ3) is 1.19. The molecule has 0 aliphatic heterocycles. The largest absolute Gasteiger partial charge is 0.442 e. The summed E-state index contributed by atoms with van der Waals surface area (Å²) in [6.07, 6.45) is 4.16. The number of rotatable bonds is 1. The topological polar surface area (TPSA) is 104 Å². The molecule has 0 aliphatic rings. The molecule has 0 aromatic carbocycles. The lowest BCUT2D eigenvalue weighted by atomic mass is 10.2. The lowest BCUT2D eigenvalue weighted by Gasteiger charge is -1.97. The van der Waals surface area contributed by atoms with Crippen LogP contribution in [0.25, 0.3) is 33.7 Å². The summed E-state index contributed by atoms with van der Waals surface area (Å²) in [5.74, 6) is 0. The van der Waals surface area contributed by atoms with Crippen LogP contribution in [0.4, 0.5) is 0 Å². The first-order valence-corrected chi connectivity index (χ1v) is 5.04. The van der Waals surface area contributed by atoms with Gasteiger partial charge in [0.1, 0.15) is 11.2 Å². The molecule has 0 saturated carbocycles. The maximum atomic E-state index is 5.27. The zero-order chi connectivity index (χ0) is 11.9. The molecule has 4 aromatic rings. The van der Waals surface area contributed by atoms with E-state index in [9.17, 15) is 0 Å². The van der Waals surface area contributed by atoms with E-state index in [0.29, 0.717) is 33.7 Å². The molecule has 4 heterocycles. The lowest BCUT2D eigenvalue weighted by molar-refractivity contribution is 0.600. The van der Waals surface area contributed by atoms with Gasteiger partial charge in [0.15, 0.2) is 29.6 Å². The monoisotopic (exact) mass is 240 g/mol. The van der Waals surface area contributed by atoms with Gasteiger partial charge < -0.3 is 8.83 Å². The van der Waals surface area contributed by atoms with Crippen LogP contribution in [0, 0.1) is 0 Å². The molecule has 4 aromatic heterocycles. The molecule has 8 nitrogen and oxygen atoms in total. The molecule has 0 aliphatic carbocycles. The summed E-state index contributed by atoms with van der Waals surface area (Å²) in [5.41, 5.74) is 3.05. The fourth-order valence-electron chi connectivity index (χ4n) is 1.67. The van der Waals surface area contributed by atoms with Crippen LogP contribution < -0.4 is 0 Å². The Balaban J connectivity index is 2.03. The van der Waals surface area contributed by atoms with Crippen LogP contribution in [0.2, 0.25) is 0 Å². The molecule has 0 amide bonds. The van der Waals surface area contributed by atoms with Crippen molar-refractivity contribution in [2.45, 2.75) is 0 Å². The standard InChI is InChI=1S/C10H4N6O2/c1-5(14-16-10-7(1)17-4-12-10)8-9-6(2-13-15-8)11-3-18-9/h1-4H. The minimum Gasteiger partial charge on any atom is -0.442 e. The molecule has 0 fully saturated rings. The number of hydrogen-bond donors (Lipinski definition) is 0. The highest BCUT2D eigenvalue weighted by atomic mass is 16.3. The normalized spacial score (nSPS) is 11.3. The van der Waals surface area contributed by atoms with Gasteiger partial charge in [-0.1, -0.05) is 0 Å². The van der Waals surface area contributed by atoms with Crippen molar-refractivity contribution in [3.63, 3.8) is 0 Å². The summed E-state index contributed by atoms with van der Waals surface area (Å²) < 4.78 is 10.4. The lowest BCUT2D eigenvalue weighted by Crippen LogP contribution is -1.93. The number of hydrogen-bond acceptors (Lipinski definition) is 8. The van der Waals surface area contributed by atoms with Gasteiger partial charge >= 0.3 is 0 Å². The van der Waals surface area contributed by atoms with Gasteiger partial charge in [-0.05, 0) is 0 Å². The minimum atomic E-state index is 0.441. The van der Waals surface area contributed by atoms with Crippen LogP contribution in [0.1, 0.15) is 0 Å². The SMILES string of the molecule is c1nc2nnc(-c3nncc4ncoc34)cc2o1. The predicted molar refractivity (Wildman–Crippen MR) is 58.2 cm³/mol. The van der Waals surface area contributed by atoms with E-state index in [-0.39, 0.29) is 0 Å². The van der Waals surface area contributed by atoms with Crippen molar-refractivity contribution in [1.29, 1.82) is 0 Å². The van der Waals surface area contributed by atoms with E-state index in [1.165, 1.54) is 19.0 Å². The summed E-state index contributed by atoms with van der Waals surface area (Å²) in [5, 5.41) is 15.8. The van der Waals surface area contributed by atoms with Crippen molar-refractivity contribution >= 4 is 22.3 Å². The summed E-state index contributed by atoms with van der Waals surface area (Å²) in [7, 11) is 0. The zero-order valence-electron chi connectivity index (χ0n) is 8.81. The summed E-state index contributed by atoms with van der Waals surface area (Å²) in [6, 6.07) is 1.68. The molecule has 4 rings (SSSR count). The Morgan fingerprint density at radius 3 is 2.89 bits per heavy atom. The maximum Gasteiger partial charge on any atom is 0.220 e. The minimum absolute atomic E-state index is 0.441. The van der Waals surface area contributed by atoms with Crippen LogP contribution in [0.3, 0.4) is 0 Å². The van der Waals surface area contributed by atoms with E-state index in [1.807, 2.05) is 0 Å². The highest BCUT2D eigenvalue weighted by Gasteiger charge is 2.14. The van der Waals surface area contributed by atoms with E-state index < -0.39 is 0 Å². The molecule has 0 radical (unpaired) electrons. The van der Waals surface area contributed by atoms with Crippen molar-refractivity contribution in [1.82, 2.24) is 30.4 Å². The summed E-state index contributed by atoms with van der Waals surface area (Å²) in [4.78, 5) is 7.90. The van der Waals surface area contributed by atoms with Gasteiger partial charge in [0, 0.05) is 6.07 Å². The molecular formula is C10H4N6O2. The fourth-order valence-corrected chi connectivity index (χ4v) is 1.67. The van der Waals surface area contributed by atoms with Gasteiger partial charge in [-0.3, -0.25) is 0 Å². The Bertz CT molecular complexity index is 851. The summed E-state index contributed by atoms with van der Waals surface area (Å²) >= 11 is 0. The molecule has 0 bridgehead atoms. The van der Waals surface area contributed by atoms with Crippen molar-refractivity contribution in [3.8, 4) is 11.4 Å². The third-order valence-corrected chi connectivity index (χ3v) is 2.49. The summed E-state index contributed by atoms with van der Waals surface area (Å²) in [6.45, 7) is 0. The number of aromatic nitrogens is 6. The number of oxazole rings is 2. The first kappa shape index (κ1) is 9.16. The predicted octanol–water partition coefficient (Wildman–Crippen LogP) is 1.22. The van der Waals surface area contributed by atoms with Crippen LogP contribution in [0.15, 0.2) is 33.9 Å². The molecule has 18 heavy (non-hydrogen) atoms. The highest BCUT2D eigenvalue weighted by molar-refractivity contribution is 5.86. The van der Waals surface area contributed by atoms with Crippen molar-refractivity contribution in [2.24, 2.45) is 0 Å². The van der Waals surface area contributed by atoms with Gasteiger partial charge in [-0.15, -0.1) is 15.3 Å². The van der Waals surface area contributed by atoms with Gasteiger partial charge in [0.05, 0.1) is 6.20 Å². The quantitative estimate of drug-likeness (QED) is 0.489. The molecule has 86 valence electrons. The van der Waals surface area contributed by atoms with E-state index in [2.05, 4.69) is 30.4 Å². The third-order valence-electron chi connectivity index (χ3n) is 2.49. The molecule has 0 atom stereocenters. The van der Waals surface area contributed by atoms with Crippen LogP contribution in [0.5, 0.6) is 0 Å². The van der Waals surface area contributed by atoms with Gasteiger partial charge in [-0.25, -0.2) is 4.98 Å². The first-order chi connectivity index (χ1) is 8.92. The smallest absolute Gasteiger partial charge is 0.220 e. The van der Waals surface area contributed by atoms with E-state index in [4.69, 9.17) is 8.83 Å². The van der Waals surface area contributed by atoms with Crippen LogP contribution >= 0.6 is 0 Å². The highest BCUT2D eigenvalue weighted by Crippen LogP contribution is 2.24. The van der Waals surface area contributed by atoms with E-state index >= 15 is 0 Å². The second-order valence-corrected chi connectivity index (χ2v) is 3.53. The van der Waals surface area contributed by atoms with Gasteiger partial charge in [0.25, 0.3) is 0 Å². The maximum absolute atomic E-state index is 5.27. The van der Waals surface area contributed by atoms with Crippen molar-refractivity contribution in [2.75, 3.05) is 0 Å². The van der Waals surface area contributed by atoms with Crippen molar-refractivity contribution in [3.05, 3.63) is 25.1 Å². The Morgan fingerprint density at radius 2 is 1.89 bits per heavy atom. The second kappa shape index (κ2) is 3.29. The molecule has 0 N–H and O–H groups in total. The van der Waals surface area contributed by atoms with Crippen LogP contribution in [-0.4, -0.2) is 30.4 Å². The molecule has 8 heteroatoms. The first-order valence-electron chi connectivity index (χ1n) is 5.04. The molecular weight excluding hydrogens is 236 g/mol. The second-order valence-electron chi connectivity index (χ2n) is 3.53. The van der Waals surface area contributed by atoms with Crippen molar-refractivity contribution < 1.29 is 8.83 Å². The Labute approximate surface area is 98.7 Å². The van der Waals surface area contributed by atoms with Gasteiger partial charge in [-0.2, -0.15) is 10.1 Å². The molecule has 0 spiro atoms. The Morgan fingerprint density at radius 1 is 0.944 bits per heavy atom. The average molecular weight is 240 g/mol. The average Bonchev–Trinajstić information content (AvgIpc) is 3.05. The molecule has 0 saturated heterocycles. The number of fused-ring (bicyclic) bond motifs is 2. The van der Waals surface area contributed by atoms with Crippen LogP contribution in [-0.2, 0) is 0 Å². The van der Waals surface area contributed by atoms with Gasteiger partial charge in [0.2, 0.25) is 5.65 Å². The zero-order valence-corrected chi connectivity index (χ0v) is 8.81. The van der Waals surface area contributed by atoms with E-state index in [1.54, 1.807) is 6.07 Å². The Hall–Kier alpha value is -2.90. The Kier molecular flexibility index (Phi) is 1.68. The fraction of sp³-hybridized carbons (Fsp3) is 0. The number of nitrogens with zero attached hydrogens (tertiary/aromatic N) is 6. The van der Waals surface area contributed by atoms with E-state index in [0.717, 1.165) is 0 Å². The molecule has 0 unspecified atom stereocenters.